The third kappa shape index (κ3) is 2.37. The molecular weight excluding hydrogens is 190 g/mol. The zero-order valence-electron chi connectivity index (χ0n) is 7.95. The van der Waals surface area contributed by atoms with Gasteiger partial charge in [0.25, 0.3) is 0 Å². The molecule has 15 heavy (non-hydrogen) atoms. The summed E-state index contributed by atoms with van der Waals surface area (Å²) in [5.41, 5.74) is 0.571. The second-order valence-corrected chi connectivity index (χ2v) is 2.90. The fourth-order valence-electron chi connectivity index (χ4n) is 1.12. The number of hydrogen-bond donors (Lipinski definition) is 0. The molecule has 4 nitrogen and oxygen atoms in total. The Balaban J connectivity index is 2.29. The third-order valence-electron chi connectivity index (χ3n) is 1.84. The predicted molar refractivity (Wildman–Crippen MR) is 52.8 cm³/mol. The van der Waals surface area contributed by atoms with Gasteiger partial charge in [-0.05, 0) is 10.7 Å². The maximum atomic E-state index is 11.6. The molecule has 0 aliphatic carbocycles. The van der Waals surface area contributed by atoms with E-state index in [-0.39, 0.29) is 5.90 Å². The number of rotatable bonds is 2. The normalized spacial score (nSPS) is 11.3. The molecule has 0 aliphatic heterocycles. The van der Waals surface area contributed by atoms with E-state index in [4.69, 9.17) is 0 Å². The van der Waals surface area contributed by atoms with E-state index in [1.54, 1.807) is 49.1 Å². The van der Waals surface area contributed by atoms with Crippen LogP contribution >= 0.6 is 0 Å². The first kappa shape index (κ1) is 9.33. The maximum Gasteiger partial charge on any atom is 0.220 e. The van der Waals surface area contributed by atoms with Crippen LogP contribution < -0.4 is 9.78 Å². The van der Waals surface area contributed by atoms with Gasteiger partial charge in [0, 0.05) is 0 Å². The Morgan fingerprint density at radius 1 is 1.13 bits per heavy atom. The molecule has 2 rings (SSSR count). The minimum atomic E-state index is -0.271. The quantitative estimate of drug-likeness (QED) is 0.386. The van der Waals surface area contributed by atoms with E-state index in [1.807, 2.05) is 6.07 Å². The summed E-state index contributed by atoms with van der Waals surface area (Å²) in [6, 6.07) is 8.93. The molecule has 0 bridgehead atoms. The van der Waals surface area contributed by atoms with E-state index >= 15 is 0 Å². The molecule has 0 spiro atoms. The van der Waals surface area contributed by atoms with E-state index in [0.29, 0.717) is 5.56 Å². The molecule has 1 aromatic carbocycles. The fourth-order valence-corrected chi connectivity index (χ4v) is 1.12. The van der Waals surface area contributed by atoms with E-state index in [9.17, 15) is 5.11 Å². The number of benzene rings is 1. The van der Waals surface area contributed by atoms with Gasteiger partial charge in [-0.25, -0.2) is 0 Å². The lowest BCUT2D eigenvalue weighted by atomic mass is 10.2. The van der Waals surface area contributed by atoms with Gasteiger partial charge in [-0.15, -0.1) is 0 Å². The topological polar surface area (TPSA) is 52.2 Å². The van der Waals surface area contributed by atoms with Gasteiger partial charge in [-0.3, -0.25) is 4.98 Å². The van der Waals surface area contributed by atoms with Crippen LogP contribution in [0.3, 0.4) is 0 Å². The van der Waals surface area contributed by atoms with Crippen molar-refractivity contribution in [2.45, 2.75) is 0 Å². The Bertz CT molecular complexity index is 454. The molecule has 1 heterocycles. The Hall–Kier alpha value is -2.23. The number of nitrogens with zero attached hydrogens (tertiary/aromatic N) is 3. The van der Waals surface area contributed by atoms with Crippen LogP contribution in [0.25, 0.3) is 0 Å². The van der Waals surface area contributed by atoms with Crippen molar-refractivity contribution in [1.82, 2.24) is 4.98 Å². The highest BCUT2D eigenvalue weighted by Gasteiger charge is 1.96. The van der Waals surface area contributed by atoms with Crippen LogP contribution in [0, 0.1) is 0 Å². The van der Waals surface area contributed by atoms with Gasteiger partial charge >= 0.3 is 0 Å². The molecule has 0 atom stereocenters. The summed E-state index contributed by atoms with van der Waals surface area (Å²) in [6.45, 7) is 0. The summed E-state index contributed by atoms with van der Waals surface area (Å²) in [4.78, 5) is 3.83. The van der Waals surface area contributed by atoms with Crippen LogP contribution in [0.2, 0.25) is 0 Å². The SMILES string of the molecule is [O-]/C(=N\[n+]1ccncc1)c1ccccc1. The van der Waals surface area contributed by atoms with E-state index < -0.39 is 0 Å². The predicted octanol–water partition coefficient (Wildman–Crippen LogP) is -0.0607. The second kappa shape index (κ2) is 4.32. The second-order valence-electron chi connectivity index (χ2n) is 2.90. The molecule has 74 valence electrons. The molecule has 0 aliphatic rings. The largest absolute Gasteiger partial charge is 0.854 e. The van der Waals surface area contributed by atoms with E-state index in [2.05, 4.69) is 10.1 Å². The Morgan fingerprint density at radius 3 is 2.47 bits per heavy atom. The highest BCUT2D eigenvalue weighted by atomic mass is 16.3. The van der Waals surface area contributed by atoms with Crippen LogP contribution in [-0.2, 0) is 0 Å². The highest BCUT2D eigenvalue weighted by molar-refractivity contribution is 5.89. The molecule has 4 heteroatoms. The van der Waals surface area contributed by atoms with Gasteiger partial charge in [-0.1, -0.05) is 35.0 Å². The van der Waals surface area contributed by atoms with Crippen LogP contribution in [-0.4, -0.2) is 10.9 Å². The number of aromatic nitrogens is 2. The summed E-state index contributed by atoms with van der Waals surface area (Å²) in [7, 11) is 0. The molecule has 2 aromatic rings. The fraction of sp³-hybridized carbons (Fsp3) is 0. The molecule has 0 saturated heterocycles. The minimum absolute atomic E-state index is 0.271. The lowest BCUT2D eigenvalue weighted by Crippen LogP contribution is -2.33. The van der Waals surface area contributed by atoms with Crippen molar-refractivity contribution < 1.29 is 9.78 Å². The Labute approximate surface area is 87.2 Å². The van der Waals surface area contributed by atoms with Crippen LogP contribution in [0.1, 0.15) is 5.56 Å². The molecule has 0 N–H and O–H groups in total. The van der Waals surface area contributed by atoms with Gasteiger partial charge < -0.3 is 5.11 Å². The Kier molecular flexibility index (Phi) is 2.69. The number of hydrogen-bond acceptors (Lipinski definition) is 3. The Morgan fingerprint density at radius 2 is 1.80 bits per heavy atom. The lowest BCUT2D eigenvalue weighted by Gasteiger charge is -2.05. The minimum Gasteiger partial charge on any atom is -0.854 e. The highest BCUT2D eigenvalue weighted by Crippen LogP contribution is 1.96. The smallest absolute Gasteiger partial charge is 0.220 e. The molecule has 0 amide bonds. The zero-order chi connectivity index (χ0) is 10.5. The first-order chi connectivity index (χ1) is 7.36. The first-order valence-electron chi connectivity index (χ1n) is 4.49. The third-order valence-corrected chi connectivity index (χ3v) is 1.84. The van der Waals surface area contributed by atoms with Gasteiger partial charge in [0.2, 0.25) is 12.4 Å². The molecule has 1 aromatic heterocycles. The van der Waals surface area contributed by atoms with Crippen molar-refractivity contribution in [3.8, 4) is 0 Å². The van der Waals surface area contributed by atoms with Crippen molar-refractivity contribution in [1.29, 1.82) is 0 Å². The van der Waals surface area contributed by atoms with Crippen molar-refractivity contribution in [2.75, 3.05) is 0 Å². The van der Waals surface area contributed by atoms with Crippen molar-refractivity contribution in [2.24, 2.45) is 5.10 Å². The summed E-state index contributed by atoms with van der Waals surface area (Å²) >= 11 is 0. The standard InChI is InChI=1S/C11H9N3O/c15-11(10-4-2-1-3-5-10)13-14-8-6-12-7-9-14/h1-9H. The van der Waals surface area contributed by atoms with Gasteiger partial charge in [0.1, 0.15) is 0 Å². The molecular formula is C11H9N3O. The summed E-state index contributed by atoms with van der Waals surface area (Å²) in [5, 5.41) is 15.5. The van der Waals surface area contributed by atoms with Crippen molar-refractivity contribution >= 4 is 5.90 Å². The molecule has 0 radical (unpaired) electrons. The van der Waals surface area contributed by atoms with Crippen LogP contribution in [0.4, 0.5) is 0 Å². The van der Waals surface area contributed by atoms with Gasteiger partial charge in [-0.2, -0.15) is 0 Å². The summed E-state index contributed by atoms with van der Waals surface area (Å²) in [5.74, 6) is -0.271. The zero-order valence-corrected chi connectivity index (χ0v) is 7.95. The molecule has 0 saturated carbocycles. The van der Waals surface area contributed by atoms with Gasteiger partial charge in [0.05, 0.1) is 18.3 Å². The molecule has 0 fully saturated rings. The lowest BCUT2D eigenvalue weighted by molar-refractivity contribution is -0.682. The summed E-state index contributed by atoms with van der Waals surface area (Å²) in [6.07, 6.45) is 6.37. The average molecular weight is 199 g/mol. The van der Waals surface area contributed by atoms with E-state index in [1.165, 1.54) is 4.68 Å². The average Bonchev–Trinajstić information content (AvgIpc) is 2.31. The monoisotopic (exact) mass is 199 g/mol. The van der Waals surface area contributed by atoms with Crippen molar-refractivity contribution in [3.05, 3.63) is 60.7 Å². The van der Waals surface area contributed by atoms with Crippen molar-refractivity contribution in [3.63, 3.8) is 0 Å². The maximum absolute atomic E-state index is 11.6. The molecule has 0 unspecified atom stereocenters. The van der Waals surface area contributed by atoms with Crippen LogP contribution in [0.5, 0.6) is 0 Å². The first-order valence-corrected chi connectivity index (χ1v) is 4.49. The van der Waals surface area contributed by atoms with E-state index in [0.717, 1.165) is 0 Å². The van der Waals surface area contributed by atoms with Gasteiger partial charge in [0.15, 0.2) is 0 Å². The summed E-state index contributed by atoms with van der Waals surface area (Å²) < 4.78 is 1.43. The van der Waals surface area contributed by atoms with Crippen LogP contribution in [0.15, 0.2) is 60.2 Å².